The Labute approximate surface area is 185 Å². The molecule has 3 nitrogen and oxygen atoms in total. The van der Waals surface area contributed by atoms with E-state index in [1.165, 1.54) is 36.0 Å². The summed E-state index contributed by atoms with van der Waals surface area (Å²) in [5, 5.41) is 3.60. The molecule has 0 aromatic rings. The summed E-state index contributed by atoms with van der Waals surface area (Å²) in [6.45, 7) is 0. The van der Waals surface area contributed by atoms with Crippen LogP contribution in [0.3, 0.4) is 0 Å². The van der Waals surface area contributed by atoms with E-state index in [0.29, 0.717) is 5.92 Å². The van der Waals surface area contributed by atoms with E-state index in [1.807, 2.05) is 0 Å². The van der Waals surface area contributed by atoms with Crippen LogP contribution in [0.1, 0.15) is 51.4 Å². The first-order valence-electron chi connectivity index (χ1n) is 11.8. The van der Waals surface area contributed by atoms with E-state index >= 15 is 0 Å². The minimum Gasteiger partial charge on any atom is -0.344 e. The number of amidine groups is 2. The molecule has 3 heteroatoms. The maximum atomic E-state index is 5.03. The third-order valence-electron chi connectivity index (χ3n) is 6.45. The first-order valence-corrected chi connectivity index (χ1v) is 11.8. The number of nitrogens with zero attached hydrogens (tertiary/aromatic N) is 2. The largest absolute Gasteiger partial charge is 0.344 e. The van der Waals surface area contributed by atoms with Gasteiger partial charge in [0.05, 0.1) is 0 Å². The van der Waals surface area contributed by atoms with Crippen LogP contribution in [-0.4, -0.2) is 17.8 Å². The van der Waals surface area contributed by atoms with Crippen LogP contribution >= 0.6 is 0 Å². The Morgan fingerprint density at radius 1 is 0.839 bits per heavy atom. The van der Waals surface area contributed by atoms with Crippen LogP contribution in [0.25, 0.3) is 0 Å². The van der Waals surface area contributed by atoms with E-state index in [-0.39, 0.29) is 6.17 Å². The Kier molecular flexibility index (Phi) is 6.10. The van der Waals surface area contributed by atoms with Gasteiger partial charge in [-0.05, 0) is 68.1 Å². The zero-order chi connectivity index (χ0) is 20.9. The van der Waals surface area contributed by atoms with Crippen molar-refractivity contribution in [3.63, 3.8) is 0 Å². The molecule has 0 amide bonds. The van der Waals surface area contributed by atoms with Gasteiger partial charge in [0.2, 0.25) is 0 Å². The normalized spacial score (nSPS) is 27.9. The minimum atomic E-state index is -0.0645. The number of allylic oxidation sites excluding steroid dienone is 11. The fraction of sp³-hybridized carbons (Fsp3) is 0.357. The molecule has 158 valence electrons. The quantitative estimate of drug-likeness (QED) is 0.570. The maximum Gasteiger partial charge on any atom is 0.159 e. The Bertz CT molecular complexity index is 1020. The van der Waals surface area contributed by atoms with Gasteiger partial charge < -0.3 is 5.32 Å². The van der Waals surface area contributed by atoms with E-state index in [4.69, 9.17) is 9.98 Å². The molecule has 1 heterocycles. The van der Waals surface area contributed by atoms with Gasteiger partial charge in [0, 0.05) is 11.5 Å². The molecule has 2 unspecified atom stereocenters. The molecule has 0 bridgehead atoms. The number of hydrogen-bond donors (Lipinski definition) is 1. The van der Waals surface area contributed by atoms with Gasteiger partial charge in [-0.3, -0.25) is 0 Å². The molecule has 0 fully saturated rings. The highest BCUT2D eigenvalue weighted by Crippen LogP contribution is 2.29. The summed E-state index contributed by atoms with van der Waals surface area (Å²) in [5.74, 6) is 2.30. The van der Waals surface area contributed by atoms with Gasteiger partial charge in [0.15, 0.2) is 5.84 Å². The van der Waals surface area contributed by atoms with Gasteiger partial charge in [-0.1, -0.05) is 72.9 Å². The average Bonchev–Trinajstić information content (AvgIpc) is 3.15. The molecule has 0 aromatic heterocycles. The van der Waals surface area contributed by atoms with Crippen molar-refractivity contribution in [1.82, 2.24) is 5.32 Å². The molecule has 0 radical (unpaired) electrons. The van der Waals surface area contributed by atoms with E-state index in [2.05, 4.69) is 78.2 Å². The van der Waals surface area contributed by atoms with Crippen LogP contribution in [0.5, 0.6) is 0 Å². The molecule has 0 spiro atoms. The fourth-order valence-corrected chi connectivity index (χ4v) is 4.65. The molecule has 31 heavy (non-hydrogen) atoms. The van der Waals surface area contributed by atoms with Crippen LogP contribution in [0.15, 0.2) is 105 Å². The monoisotopic (exact) mass is 409 g/mol. The van der Waals surface area contributed by atoms with E-state index < -0.39 is 0 Å². The second-order valence-corrected chi connectivity index (χ2v) is 8.70. The molecule has 4 aliphatic carbocycles. The first kappa shape index (κ1) is 20.0. The highest BCUT2D eigenvalue weighted by molar-refractivity contribution is 6.14. The maximum absolute atomic E-state index is 5.03. The molecule has 0 saturated heterocycles. The zero-order valence-electron chi connectivity index (χ0n) is 18.1. The standard InChI is InChI=1S/C28H31N3/c1-2-6-12-21(11-5-1)22-17-19-25(20-18-22)28-30-26(23-13-7-3-8-14-23)29-27(31-28)24-15-9-4-10-16-24/h3,5,7,9,11-13,15-17,19-20,22,27H,1-2,4,6,8,10,14,18H2,(H,29,30,31). The van der Waals surface area contributed by atoms with E-state index in [0.717, 1.165) is 49.3 Å². The predicted molar refractivity (Wildman–Crippen MR) is 131 cm³/mol. The van der Waals surface area contributed by atoms with Crippen molar-refractivity contribution in [2.75, 3.05) is 0 Å². The summed E-state index contributed by atoms with van der Waals surface area (Å²) < 4.78 is 0. The second-order valence-electron chi connectivity index (χ2n) is 8.70. The molecule has 0 aromatic carbocycles. The van der Waals surface area contributed by atoms with Crippen LogP contribution in [-0.2, 0) is 0 Å². The number of aliphatic imine (C=N–C) groups is 2. The molecular weight excluding hydrogens is 378 g/mol. The summed E-state index contributed by atoms with van der Waals surface area (Å²) >= 11 is 0. The van der Waals surface area contributed by atoms with Gasteiger partial charge in [-0.2, -0.15) is 0 Å². The average molecular weight is 410 g/mol. The Balaban J connectivity index is 1.41. The minimum absolute atomic E-state index is 0.0645. The molecule has 1 N–H and O–H groups in total. The molecule has 0 saturated carbocycles. The van der Waals surface area contributed by atoms with E-state index in [9.17, 15) is 0 Å². The van der Waals surface area contributed by atoms with Crippen molar-refractivity contribution in [2.45, 2.75) is 57.5 Å². The van der Waals surface area contributed by atoms with Crippen molar-refractivity contribution in [3.8, 4) is 0 Å². The number of nitrogens with one attached hydrogen (secondary N) is 1. The third kappa shape index (κ3) is 4.71. The van der Waals surface area contributed by atoms with Crippen LogP contribution in [0.4, 0.5) is 0 Å². The lowest BCUT2D eigenvalue weighted by Gasteiger charge is -2.27. The van der Waals surface area contributed by atoms with E-state index in [1.54, 1.807) is 0 Å². The first-order chi connectivity index (χ1) is 15.4. The molecular formula is C28H31N3. The zero-order valence-corrected chi connectivity index (χ0v) is 18.1. The van der Waals surface area contributed by atoms with Crippen molar-refractivity contribution >= 4 is 11.7 Å². The summed E-state index contributed by atoms with van der Waals surface area (Å²) in [6.07, 6.45) is 36.1. The van der Waals surface area contributed by atoms with Gasteiger partial charge in [0.1, 0.15) is 12.0 Å². The predicted octanol–water partition coefficient (Wildman–Crippen LogP) is 6.43. The van der Waals surface area contributed by atoms with Crippen LogP contribution in [0, 0.1) is 5.92 Å². The lowest BCUT2D eigenvalue weighted by Crippen LogP contribution is -2.40. The van der Waals surface area contributed by atoms with Crippen molar-refractivity contribution in [1.29, 1.82) is 0 Å². The van der Waals surface area contributed by atoms with Gasteiger partial charge >= 0.3 is 0 Å². The molecule has 5 aliphatic rings. The summed E-state index contributed by atoms with van der Waals surface area (Å²) in [5.41, 5.74) is 5.11. The summed E-state index contributed by atoms with van der Waals surface area (Å²) in [4.78, 5) is 10.0. The highest BCUT2D eigenvalue weighted by Gasteiger charge is 2.24. The number of hydrogen-bond acceptors (Lipinski definition) is 3. The molecule has 2 atom stereocenters. The van der Waals surface area contributed by atoms with Crippen molar-refractivity contribution in [2.24, 2.45) is 15.9 Å². The topological polar surface area (TPSA) is 36.8 Å². The Morgan fingerprint density at radius 3 is 2.55 bits per heavy atom. The Morgan fingerprint density at radius 2 is 1.74 bits per heavy atom. The SMILES string of the molecule is C1=CCCC(C2=NC(C3=CCC(C4=CCCCC=C4)C=C3)=NC(C3=CCCC=C3)N2)=C1. The summed E-state index contributed by atoms with van der Waals surface area (Å²) in [6, 6.07) is 0. The Hall–Kier alpha value is -2.94. The summed E-state index contributed by atoms with van der Waals surface area (Å²) in [7, 11) is 0. The van der Waals surface area contributed by atoms with Crippen molar-refractivity contribution in [3.05, 3.63) is 95.2 Å². The fourth-order valence-electron chi connectivity index (χ4n) is 4.65. The van der Waals surface area contributed by atoms with Crippen LogP contribution in [0.2, 0.25) is 0 Å². The third-order valence-corrected chi connectivity index (χ3v) is 6.45. The van der Waals surface area contributed by atoms with Crippen LogP contribution < -0.4 is 5.32 Å². The van der Waals surface area contributed by atoms with Gasteiger partial charge in [-0.25, -0.2) is 9.98 Å². The smallest absolute Gasteiger partial charge is 0.159 e. The second kappa shape index (κ2) is 9.47. The lowest BCUT2D eigenvalue weighted by atomic mass is 9.89. The molecule has 5 rings (SSSR count). The van der Waals surface area contributed by atoms with Crippen molar-refractivity contribution < 1.29 is 0 Å². The van der Waals surface area contributed by atoms with Gasteiger partial charge in [0.25, 0.3) is 0 Å². The lowest BCUT2D eigenvalue weighted by molar-refractivity contribution is 0.715. The highest BCUT2D eigenvalue weighted by atomic mass is 15.2. The number of rotatable bonds is 4. The van der Waals surface area contributed by atoms with Gasteiger partial charge in [-0.15, -0.1) is 0 Å². The molecule has 1 aliphatic heterocycles.